The molecular formula is C16H22N6OS. The van der Waals surface area contributed by atoms with Crippen molar-refractivity contribution in [1.29, 1.82) is 0 Å². The molecule has 1 amide bonds. The largest absolute Gasteiger partial charge is 0.339 e. The van der Waals surface area contributed by atoms with E-state index < -0.39 is 0 Å². The van der Waals surface area contributed by atoms with E-state index in [1.165, 1.54) is 11.8 Å². The van der Waals surface area contributed by atoms with E-state index in [-0.39, 0.29) is 5.91 Å². The highest BCUT2D eigenvalue weighted by molar-refractivity contribution is 7.98. The molecule has 1 aliphatic rings. The quantitative estimate of drug-likeness (QED) is 0.823. The lowest BCUT2D eigenvalue weighted by Crippen LogP contribution is -2.39. The molecule has 0 aliphatic carbocycles. The number of nitrogens with zero attached hydrogens (tertiary/aromatic N) is 5. The predicted molar refractivity (Wildman–Crippen MR) is 92.6 cm³/mol. The van der Waals surface area contributed by atoms with Crippen LogP contribution in [0.3, 0.4) is 0 Å². The Kier molecular flexibility index (Phi) is 5.47. The number of carbonyl (C=O) groups excluding carboxylic acids is 1. The van der Waals surface area contributed by atoms with Crippen molar-refractivity contribution in [2.45, 2.75) is 31.0 Å². The van der Waals surface area contributed by atoms with Crippen LogP contribution >= 0.6 is 11.8 Å². The van der Waals surface area contributed by atoms with Gasteiger partial charge in [-0.05, 0) is 37.1 Å². The Morgan fingerprint density at radius 1 is 1.42 bits per heavy atom. The number of hydrogen-bond donors (Lipinski definition) is 1. The smallest absolute Gasteiger partial charge is 0.256 e. The van der Waals surface area contributed by atoms with E-state index in [2.05, 4.69) is 15.3 Å². The molecule has 0 aromatic carbocycles. The van der Waals surface area contributed by atoms with Gasteiger partial charge in [-0.2, -0.15) is 0 Å². The van der Waals surface area contributed by atoms with E-state index in [9.17, 15) is 4.79 Å². The molecule has 0 atom stereocenters. The maximum atomic E-state index is 12.7. The van der Waals surface area contributed by atoms with Crippen molar-refractivity contribution in [2.75, 3.05) is 19.3 Å². The third kappa shape index (κ3) is 3.76. The molecule has 0 saturated carbocycles. The van der Waals surface area contributed by atoms with Crippen LogP contribution in [0.1, 0.15) is 28.9 Å². The first kappa shape index (κ1) is 16.9. The minimum absolute atomic E-state index is 0.0806. The molecule has 2 N–H and O–H groups in total. The average Bonchev–Trinajstić information content (AvgIpc) is 3.09. The Labute approximate surface area is 145 Å². The molecule has 24 heavy (non-hydrogen) atoms. The summed E-state index contributed by atoms with van der Waals surface area (Å²) in [6.45, 7) is 2.78. The molecule has 3 heterocycles. The molecule has 2 aromatic rings. The van der Waals surface area contributed by atoms with E-state index in [4.69, 9.17) is 5.73 Å². The summed E-state index contributed by atoms with van der Waals surface area (Å²) in [5, 5.41) is 8.91. The van der Waals surface area contributed by atoms with Crippen molar-refractivity contribution >= 4 is 17.7 Å². The van der Waals surface area contributed by atoms with Gasteiger partial charge in [0.05, 0.1) is 11.3 Å². The molecule has 0 bridgehead atoms. The zero-order valence-electron chi connectivity index (χ0n) is 13.8. The second kappa shape index (κ2) is 7.76. The van der Waals surface area contributed by atoms with Crippen LogP contribution in [0.4, 0.5) is 0 Å². The van der Waals surface area contributed by atoms with Gasteiger partial charge in [-0.1, -0.05) is 5.21 Å². The van der Waals surface area contributed by atoms with Gasteiger partial charge in [0.15, 0.2) is 0 Å². The third-order valence-electron chi connectivity index (χ3n) is 4.34. The molecule has 0 radical (unpaired) electrons. The summed E-state index contributed by atoms with van der Waals surface area (Å²) in [4.78, 5) is 18.9. The van der Waals surface area contributed by atoms with Gasteiger partial charge >= 0.3 is 0 Å². The summed E-state index contributed by atoms with van der Waals surface area (Å²) in [5.41, 5.74) is 7.07. The van der Waals surface area contributed by atoms with Crippen LogP contribution in [0, 0.1) is 5.92 Å². The first-order valence-corrected chi connectivity index (χ1v) is 9.31. The molecular weight excluding hydrogens is 324 g/mol. The Hall–Kier alpha value is -1.93. The lowest BCUT2D eigenvalue weighted by molar-refractivity contribution is 0.0676. The SMILES string of the molecule is CSc1ncccc1C(=O)N1CCC(Cn2cc(CN)nn2)CC1. The summed E-state index contributed by atoms with van der Waals surface area (Å²) in [6, 6.07) is 3.68. The zero-order valence-corrected chi connectivity index (χ0v) is 14.6. The number of amides is 1. The highest BCUT2D eigenvalue weighted by atomic mass is 32.2. The number of aromatic nitrogens is 4. The monoisotopic (exact) mass is 346 g/mol. The molecule has 3 rings (SSSR count). The zero-order chi connectivity index (χ0) is 16.9. The first-order valence-electron chi connectivity index (χ1n) is 8.08. The minimum atomic E-state index is 0.0806. The van der Waals surface area contributed by atoms with E-state index in [1.54, 1.807) is 6.20 Å². The van der Waals surface area contributed by atoms with Crippen LogP contribution in [-0.2, 0) is 13.1 Å². The normalized spacial score (nSPS) is 15.7. The summed E-state index contributed by atoms with van der Waals surface area (Å²) in [7, 11) is 0. The van der Waals surface area contributed by atoms with Gasteiger partial charge in [0.25, 0.3) is 5.91 Å². The van der Waals surface area contributed by atoms with Crippen LogP contribution in [0.5, 0.6) is 0 Å². The van der Waals surface area contributed by atoms with Gasteiger partial charge < -0.3 is 10.6 Å². The number of pyridine rings is 1. The molecule has 7 nitrogen and oxygen atoms in total. The third-order valence-corrected chi connectivity index (χ3v) is 5.05. The van der Waals surface area contributed by atoms with Gasteiger partial charge in [0.2, 0.25) is 0 Å². The number of likely N-dealkylation sites (tertiary alicyclic amines) is 1. The van der Waals surface area contributed by atoms with Gasteiger partial charge in [-0.3, -0.25) is 9.48 Å². The van der Waals surface area contributed by atoms with E-state index in [1.807, 2.05) is 34.2 Å². The fourth-order valence-electron chi connectivity index (χ4n) is 2.99. The molecule has 8 heteroatoms. The Bertz CT molecular complexity index is 695. The maximum absolute atomic E-state index is 12.7. The Morgan fingerprint density at radius 2 is 2.21 bits per heavy atom. The van der Waals surface area contributed by atoms with E-state index >= 15 is 0 Å². The van der Waals surface area contributed by atoms with Crippen LogP contribution in [-0.4, -0.2) is 50.1 Å². The predicted octanol–water partition coefficient (Wildman–Crippen LogP) is 1.41. The number of carbonyl (C=O) groups is 1. The lowest BCUT2D eigenvalue weighted by Gasteiger charge is -2.32. The number of nitrogens with two attached hydrogens (primary N) is 1. The van der Waals surface area contributed by atoms with Crippen molar-refractivity contribution in [3.63, 3.8) is 0 Å². The number of thioether (sulfide) groups is 1. The second-order valence-corrected chi connectivity index (χ2v) is 6.73. The summed E-state index contributed by atoms with van der Waals surface area (Å²) >= 11 is 1.51. The van der Waals surface area contributed by atoms with Crippen molar-refractivity contribution < 1.29 is 4.79 Å². The summed E-state index contributed by atoms with van der Waals surface area (Å²) in [5.74, 6) is 0.590. The Balaban J connectivity index is 1.57. The molecule has 128 valence electrons. The van der Waals surface area contributed by atoms with Crippen molar-refractivity contribution in [2.24, 2.45) is 11.7 Å². The molecule has 0 unspecified atom stereocenters. The van der Waals surface area contributed by atoms with Crippen molar-refractivity contribution in [1.82, 2.24) is 24.9 Å². The standard InChI is InChI=1S/C16H22N6OS/c1-24-15-14(3-2-6-18-15)16(23)21-7-4-12(5-8-21)10-22-11-13(9-17)19-20-22/h2-3,6,11-12H,4-5,7-10,17H2,1H3. The Morgan fingerprint density at radius 3 is 2.88 bits per heavy atom. The molecule has 0 spiro atoms. The number of hydrogen-bond acceptors (Lipinski definition) is 6. The highest BCUT2D eigenvalue weighted by Gasteiger charge is 2.25. The maximum Gasteiger partial charge on any atom is 0.256 e. The van der Waals surface area contributed by atoms with Gasteiger partial charge in [-0.25, -0.2) is 4.98 Å². The molecule has 2 aromatic heterocycles. The molecule has 1 fully saturated rings. The van der Waals surface area contributed by atoms with Gasteiger partial charge in [-0.15, -0.1) is 16.9 Å². The van der Waals surface area contributed by atoms with E-state index in [0.29, 0.717) is 18.0 Å². The van der Waals surface area contributed by atoms with Gasteiger partial charge in [0.1, 0.15) is 5.03 Å². The van der Waals surface area contributed by atoms with Crippen LogP contribution < -0.4 is 5.73 Å². The average molecular weight is 346 g/mol. The fraction of sp³-hybridized carbons (Fsp3) is 0.500. The number of piperidine rings is 1. The van der Waals surface area contributed by atoms with Crippen molar-refractivity contribution in [3.05, 3.63) is 35.8 Å². The second-order valence-electron chi connectivity index (χ2n) is 5.93. The topological polar surface area (TPSA) is 89.9 Å². The summed E-state index contributed by atoms with van der Waals surface area (Å²) in [6.07, 6.45) is 7.51. The lowest BCUT2D eigenvalue weighted by atomic mass is 9.96. The van der Waals surface area contributed by atoms with Crippen molar-refractivity contribution in [3.8, 4) is 0 Å². The van der Waals surface area contributed by atoms with Crippen LogP contribution in [0.2, 0.25) is 0 Å². The summed E-state index contributed by atoms with van der Waals surface area (Å²) < 4.78 is 1.86. The van der Waals surface area contributed by atoms with Gasteiger partial charge in [0, 0.05) is 38.6 Å². The highest BCUT2D eigenvalue weighted by Crippen LogP contribution is 2.23. The van der Waals surface area contributed by atoms with E-state index in [0.717, 1.165) is 43.2 Å². The minimum Gasteiger partial charge on any atom is -0.339 e. The fourth-order valence-corrected chi connectivity index (χ4v) is 3.53. The van der Waals surface area contributed by atoms with Crippen LogP contribution in [0.15, 0.2) is 29.6 Å². The first-order chi connectivity index (χ1) is 11.7. The molecule has 1 aliphatic heterocycles. The molecule has 1 saturated heterocycles. The number of rotatable bonds is 5. The van der Waals surface area contributed by atoms with Crippen LogP contribution in [0.25, 0.3) is 0 Å².